The third-order valence-corrected chi connectivity index (χ3v) is 3.04. The van der Waals surface area contributed by atoms with Crippen molar-refractivity contribution >= 4 is 16.2 Å². The zero-order valence-corrected chi connectivity index (χ0v) is 9.35. The highest BCUT2D eigenvalue weighted by Crippen LogP contribution is 2.21. The van der Waals surface area contributed by atoms with Crippen LogP contribution in [0.2, 0.25) is 0 Å². The van der Waals surface area contributed by atoms with Gasteiger partial charge in [-0.2, -0.15) is 8.42 Å². The Labute approximate surface area is 84.4 Å². The largest absolute Gasteiger partial charge is 0.422 e. The van der Waals surface area contributed by atoms with Crippen molar-refractivity contribution in [1.82, 2.24) is 0 Å². The zero-order valence-electron chi connectivity index (χ0n) is 8.53. The molecule has 0 aliphatic carbocycles. The normalized spacial score (nSPS) is 31.2. The van der Waals surface area contributed by atoms with Crippen LogP contribution in [0.4, 0.5) is 3.89 Å². The molecule has 6 heteroatoms. The molecule has 1 heterocycles. The summed E-state index contributed by atoms with van der Waals surface area (Å²) in [6.45, 7) is 3.68. The van der Waals surface area contributed by atoms with Crippen LogP contribution < -0.4 is 0 Å². The summed E-state index contributed by atoms with van der Waals surface area (Å²) >= 11 is 0. The van der Waals surface area contributed by atoms with E-state index < -0.39 is 10.4 Å². The predicted octanol–water partition coefficient (Wildman–Crippen LogP) is 1.25. The van der Waals surface area contributed by atoms with E-state index in [0.29, 0.717) is 16.7 Å². The van der Waals surface area contributed by atoms with Gasteiger partial charge in [-0.15, -0.1) is 0 Å². The Morgan fingerprint density at radius 3 is 2.71 bits per heavy atom. The first-order valence-electron chi connectivity index (χ1n) is 4.76. The van der Waals surface area contributed by atoms with Crippen LogP contribution in [-0.4, -0.2) is 38.9 Å². The van der Waals surface area contributed by atoms with Crippen LogP contribution in [0.15, 0.2) is 4.40 Å². The number of hydrogen-bond acceptors (Lipinski definition) is 2. The lowest BCUT2D eigenvalue weighted by atomic mass is 10.3. The zero-order chi connectivity index (χ0) is 10.8. The molecule has 0 N–H and O–H groups in total. The van der Waals surface area contributed by atoms with Gasteiger partial charge < -0.3 is 0 Å². The lowest BCUT2D eigenvalue weighted by Crippen LogP contribution is -2.45. The van der Waals surface area contributed by atoms with E-state index in [-0.39, 0.29) is 0 Å². The summed E-state index contributed by atoms with van der Waals surface area (Å²) in [5.41, 5.74) is 0. The fraction of sp³-hybridized carbons (Fsp3) is 0.875. The lowest BCUT2D eigenvalue weighted by molar-refractivity contribution is -0.814. The number of likely N-dealkylation sites (tertiary alicyclic amines) is 1. The molecule has 1 unspecified atom stereocenters. The van der Waals surface area contributed by atoms with Crippen molar-refractivity contribution in [3.8, 4) is 0 Å². The Bertz CT molecular complexity index is 339. The molecule has 4 nitrogen and oxygen atoms in total. The quantitative estimate of drug-likeness (QED) is 0.534. The first-order valence-corrected chi connectivity index (χ1v) is 6.10. The molecular formula is C8H16FN2O2S+. The summed E-state index contributed by atoms with van der Waals surface area (Å²) in [6, 6.07) is 0. The van der Waals surface area contributed by atoms with E-state index >= 15 is 0 Å². The molecule has 1 aliphatic heterocycles. The summed E-state index contributed by atoms with van der Waals surface area (Å²) in [6.07, 6.45) is 2.40. The van der Waals surface area contributed by atoms with Crippen molar-refractivity contribution in [3.63, 3.8) is 0 Å². The smallest absolute Gasteiger partial charge is 0.280 e. The monoisotopic (exact) mass is 223 g/mol. The van der Waals surface area contributed by atoms with Crippen molar-refractivity contribution in [2.45, 2.75) is 26.2 Å². The molecule has 0 aromatic rings. The second-order valence-electron chi connectivity index (χ2n) is 3.87. The second-order valence-corrected chi connectivity index (χ2v) is 4.87. The third-order valence-electron chi connectivity index (χ3n) is 2.61. The Hall–Kier alpha value is -0.490. The van der Waals surface area contributed by atoms with Crippen molar-refractivity contribution < 1.29 is 16.8 Å². The van der Waals surface area contributed by atoms with Crippen LogP contribution in [0, 0.1) is 0 Å². The molecule has 0 aromatic heterocycles. The Kier molecular flexibility index (Phi) is 3.26. The molecule has 14 heavy (non-hydrogen) atoms. The number of quaternary nitrogens is 1. The number of hydrogen-bond donors (Lipinski definition) is 0. The van der Waals surface area contributed by atoms with Gasteiger partial charge in [0.05, 0.1) is 20.1 Å². The van der Waals surface area contributed by atoms with E-state index in [2.05, 4.69) is 4.40 Å². The van der Waals surface area contributed by atoms with Gasteiger partial charge in [0.2, 0.25) is 5.84 Å². The van der Waals surface area contributed by atoms with Crippen molar-refractivity contribution in [3.05, 3.63) is 0 Å². The first-order chi connectivity index (χ1) is 6.37. The van der Waals surface area contributed by atoms with E-state index in [1.807, 2.05) is 14.0 Å². The minimum Gasteiger partial charge on any atom is -0.280 e. The van der Waals surface area contributed by atoms with E-state index in [1.165, 1.54) is 0 Å². The first kappa shape index (κ1) is 11.6. The highest BCUT2D eigenvalue weighted by atomic mass is 32.3. The summed E-state index contributed by atoms with van der Waals surface area (Å²) < 4.78 is 36.9. The van der Waals surface area contributed by atoms with E-state index in [4.69, 9.17) is 0 Å². The van der Waals surface area contributed by atoms with Crippen LogP contribution in [0.1, 0.15) is 26.2 Å². The minimum absolute atomic E-state index is 0.453. The van der Waals surface area contributed by atoms with E-state index in [9.17, 15) is 12.3 Å². The van der Waals surface area contributed by atoms with Gasteiger partial charge in [-0.3, -0.25) is 4.48 Å². The van der Waals surface area contributed by atoms with E-state index in [0.717, 1.165) is 25.9 Å². The highest BCUT2D eigenvalue weighted by molar-refractivity contribution is 7.85. The third kappa shape index (κ3) is 2.75. The van der Waals surface area contributed by atoms with E-state index in [1.54, 1.807) is 0 Å². The van der Waals surface area contributed by atoms with Gasteiger partial charge in [-0.05, 0) is 6.42 Å². The fourth-order valence-electron chi connectivity index (χ4n) is 1.99. The maximum absolute atomic E-state index is 12.4. The molecule has 1 atom stereocenters. The number of nitrogens with zero attached hydrogens (tertiary/aromatic N) is 2. The average molecular weight is 223 g/mol. The van der Waals surface area contributed by atoms with Crippen molar-refractivity contribution in [1.29, 1.82) is 0 Å². The van der Waals surface area contributed by atoms with Gasteiger partial charge in [0.15, 0.2) is 0 Å². The van der Waals surface area contributed by atoms with Crippen LogP contribution in [-0.2, 0) is 10.4 Å². The molecule has 0 aromatic carbocycles. The Morgan fingerprint density at radius 1 is 1.57 bits per heavy atom. The summed E-state index contributed by atoms with van der Waals surface area (Å²) in [7, 11) is -2.82. The second kappa shape index (κ2) is 3.94. The number of halogens is 1. The van der Waals surface area contributed by atoms with Crippen LogP contribution in [0.25, 0.3) is 0 Å². The van der Waals surface area contributed by atoms with Crippen LogP contribution in [0.3, 0.4) is 0 Å². The highest BCUT2D eigenvalue weighted by Gasteiger charge is 2.35. The van der Waals surface area contributed by atoms with Gasteiger partial charge in [0.1, 0.15) is 0 Å². The maximum Gasteiger partial charge on any atom is 0.422 e. The lowest BCUT2D eigenvalue weighted by Gasteiger charge is -2.27. The topological polar surface area (TPSA) is 46.5 Å². The molecule has 1 saturated heterocycles. The molecule has 0 radical (unpaired) electrons. The fourth-order valence-corrected chi connectivity index (χ4v) is 2.53. The molecule has 1 fully saturated rings. The maximum atomic E-state index is 12.4. The Balaban J connectivity index is 2.94. The van der Waals surface area contributed by atoms with Crippen molar-refractivity contribution in [2.75, 3.05) is 20.1 Å². The molecule has 0 amide bonds. The molecule has 82 valence electrons. The molecular weight excluding hydrogens is 207 g/mol. The molecule has 1 rings (SSSR count). The van der Waals surface area contributed by atoms with Gasteiger partial charge in [-0.25, -0.2) is 0 Å². The minimum atomic E-state index is -4.72. The standard InChI is InChI=1S/C8H16FN2O2S/c1-3-6-11(2)7-4-5-8(11)10-14(9,12)13/h3-7H2,1-2H3/q+1. The summed E-state index contributed by atoms with van der Waals surface area (Å²) in [5.74, 6) is 0.453. The van der Waals surface area contributed by atoms with Crippen LogP contribution in [0.5, 0.6) is 0 Å². The molecule has 1 aliphatic rings. The van der Waals surface area contributed by atoms with Crippen molar-refractivity contribution in [2.24, 2.45) is 4.40 Å². The van der Waals surface area contributed by atoms with Gasteiger partial charge >= 0.3 is 10.4 Å². The van der Waals surface area contributed by atoms with Crippen LogP contribution >= 0.6 is 0 Å². The molecule has 0 saturated carbocycles. The Morgan fingerprint density at radius 2 is 2.21 bits per heavy atom. The predicted molar refractivity (Wildman–Crippen MR) is 52.9 cm³/mol. The summed E-state index contributed by atoms with van der Waals surface area (Å²) in [4.78, 5) is 0. The molecule has 0 spiro atoms. The van der Waals surface area contributed by atoms with Gasteiger partial charge in [-0.1, -0.05) is 15.2 Å². The van der Waals surface area contributed by atoms with Gasteiger partial charge in [0, 0.05) is 12.8 Å². The van der Waals surface area contributed by atoms with Gasteiger partial charge in [0.25, 0.3) is 0 Å². The number of rotatable bonds is 3. The SMILES string of the molecule is CCC[N+]1(C)CCCC1=NS(=O)(=O)F. The average Bonchev–Trinajstić information content (AvgIpc) is 2.30. The summed E-state index contributed by atoms with van der Waals surface area (Å²) in [5, 5.41) is 0. The molecule has 0 bridgehead atoms. The number of amidine groups is 1.